The van der Waals surface area contributed by atoms with E-state index in [-0.39, 0.29) is 12.4 Å². The van der Waals surface area contributed by atoms with Gasteiger partial charge in [0, 0.05) is 12.8 Å². The van der Waals surface area contributed by atoms with Gasteiger partial charge in [0.2, 0.25) is 5.67 Å². The molecule has 9 heavy (non-hydrogen) atoms. The number of piperidine rings is 1. The van der Waals surface area contributed by atoms with Crippen molar-refractivity contribution in [3.63, 3.8) is 0 Å². The van der Waals surface area contributed by atoms with Crippen LogP contribution in [0.25, 0.3) is 0 Å². The molecule has 0 aliphatic carbocycles. The third kappa shape index (κ3) is 3.07. The Bertz CT molecular complexity index is 93.2. The highest BCUT2D eigenvalue weighted by atomic mass is 35.5. The van der Waals surface area contributed by atoms with Crippen LogP contribution in [-0.4, -0.2) is 23.3 Å². The van der Waals surface area contributed by atoms with Gasteiger partial charge in [0.05, 0.1) is 0 Å². The van der Waals surface area contributed by atoms with Gasteiger partial charge in [-0.25, -0.2) is 4.58 Å². The van der Waals surface area contributed by atoms with E-state index in [1.165, 1.54) is 19.3 Å². The smallest absolute Gasteiger partial charge is 0.226 e. The highest BCUT2D eigenvalue weighted by molar-refractivity contribution is 6.54. The van der Waals surface area contributed by atoms with E-state index in [1.807, 2.05) is 0 Å². The van der Waals surface area contributed by atoms with E-state index < -0.39 is 0 Å². The fraction of sp³-hybridized carbons (Fsp3) is 0.833. The Kier molecular flexibility index (Phi) is 5.21. The summed E-state index contributed by atoms with van der Waals surface area (Å²) in [6, 6.07) is 0. The van der Waals surface area contributed by atoms with Crippen molar-refractivity contribution in [1.29, 1.82) is 0 Å². The van der Waals surface area contributed by atoms with Gasteiger partial charge >= 0.3 is 0 Å². The number of nitrogens with zero attached hydrogens (tertiary/aromatic N) is 1. The molecule has 0 spiro atoms. The largest absolute Gasteiger partial charge is 0.232 e. The topological polar surface area (TPSA) is 3.01 Å². The molecule has 0 radical (unpaired) electrons. The summed E-state index contributed by atoms with van der Waals surface area (Å²) < 4.78 is 2.16. The third-order valence-electron chi connectivity index (χ3n) is 1.53. The number of hydrogen-bond acceptors (Lipinski definition) is 0. The lowest BCUT2D eigenvalue weighted by molar-refractivity contribution is -0.530. The lowest BCUT2D eigenvalue weighted by atomic mass is 10.2. The molecule has 0 saturated carbocycles. The van der Waals surface area contributed by atoms with E-state index in [4.69, 9.17) is 11.6 Å². The number of hydrogen-bond donors (Lipinski definition) is 0. The molecule has 1 aliphatic rings. The van der Waals surface area contributed by atoms with Crippen LogP contribution in [0.5, 0.6) is 0 Å². The van der Waals surface area contributed by atoms with Crippen molar-refractivity contribution in [1.82, 2.24) is 0 Å². The average Bonchev–Trinajstić information content (AvgIpc) is 1.90. The van der Waals surface area contributed by atoms with Gasteiger partial charge in [-0.1, -0.05) is 0 Å². The van der Waals surface area contributed by atoms with Crippen LogP contribution in [0.3, 0.4) is 0 Å². The summed E-state index contributed by atoms with van der Waals surface area (Å²) in [6.07, 6.45) is 3.99. The molecule has 1 heterocycles. The zero-order chi connectivity index (χ0) is 5.82. The summed E-state index contributed by atoms with van der Waals surface area (Å²) in [6.45, 7) is 2.31. The van der Waals surface area contributed by atoms with E-state index in [0.29, 0.717) is 0 Å². The van der Waals surface area contributed by atoms with Gasteiger partial charge in [-0.3, -0.25) is 0 Å². The van der Waals surface area contributed by atoms with Gasteiger partial charge in [0.1, 0.15) is 13.1 Å². The minimum absolute atomic E-state index is 0. The second-order valence-electron chi connectivity index (χ2n) is 2.19. The maximum atomic E-state index is 5.48. The zero-order valence-electron chi connectivity index (χ0n) is 5.35. The first-order valence-electron chi connectivity index (χ1n) is 3.11. The second kappa shape index (κ2) is 5.07. The molecular weight excluding hydrogens is 157 g/mol. The van der Waals surface area contributed by atoms with Crippen molar-refractivity contribution in [2.24, 2.45) is 0 Å². The highest BCUT2D eigenvalue weighted by Gasteiger charge is 2.08. The molecule has 1 fully saturated rings. The Hall–Kier alpha value is 0.250. The summed E-state index contributed by atoms with van der Waals surface area (Å²) in [5, 5.41) is 0. The fourth-order valence-electron chi connectivity index (χ4n) is 1.02. The predicted molar refractivity (Wildman–Crippen MR) is 43.0 cm³/mol. The maximum Gasteiger partial charge on any atom is 0.232 e. The van der Waals surface area contributed by atoms with Crippen LogP contribution < -0.4 is 0 Å². The first kappa shape index (κ1) is 9.25. The molecule has 1 rings (SSSR count). The Labute approximate surface area is 67.1 Å². The standard InChI is InChI=1S/C6H11ClN.ClH/c7-6-8-4-2-1-3-5-8;/h6H,1-5H2;1H/q+1;. The highest BCUT2D eigenvalue weighted by Crippen LogP contribution is 2.02. The lowest BCUT2D eigenvalue weighted by Crippen LogP contribution is -2.19. The first-order chi connectivity index (χ1) is 3.93. The van der Waals surface area contributed by atoms with Crippen LogP contribution in [0.2, 0.25) is 0 Å². The summed E-state index contributed by atoms with van der Waals surface area (Å²) in [5.41, 5.74) is 1.67. The van der Waals surface area contributed by atoms with Crippen molar-refractivity contribution < 1.29 is 4.58 Å². The Balaban J connectivity index is 0.000000640. The van der Waals surface area contributed by atoms with Gasteiger partial charge in [-0.2, -0.15) is 0 Å². The van der Waals surface area contributed by atoms with Gasteiger partial charge in [-0.05, 0) is 18.0 Å². The summed E-state index contributed by atoms with van der Waals surface area (Å²) in [5.74, 6) is 0. The molecule has 0 aromatic rings. The van der Waals surface area contributed by atoms with E-state index >= 15 is 0 Å². The molecule has 0 atom stereocenters. The van der Waals surface area contributed by atoms with Crippen molar-refractivity contribution in [3.8, 4) is 0 Å². The maximum absolute atomic E-state index is 5.48. The quantitative estimate of drug-likeness (QED) is 0.487. The monoisotopic (exact) mass is 168 g/mol. The van der Waals surface area contributed by atoms with Crippen molar-refractivity contribution >= 4 is 29.7 Å². The van der Waals surface area contributed by atoms with Crippen LogP contribution in [-0.2, 0) is 0 Å². The summed E-state index contributed by atoms with van der Waals surface area (Å²) >= 11 is 5.48. The van der Waals surface area contributed by atoms with Gasteiger partial charge < -0.3 is 0 Å². The van der Waals surface area contributed by atoms with Crippen LogP contribution in [0, 0.1) is 0 Å². The molecule has 54 valence electrons. The van der Waals surface area contributed by atoms with E-state index in [1.54, 1.807) is 5.67 Å². The Morgan fingerprint density at radius 1 is 1.11 bits per heavy atom. The Morgan fingerprint density at radius 2 is 1.67 bits per heavy atom. The molecule has 1 nitrogen and oxygen atoms in total. The fourth-order valence-corrected chi connectivity index (χ4v) is 1.21. The predicted octanol–water partition coefficient (Wildman–Crippen LogP) is 1.87. The molecule has 0 N–H and O–H groups in total. The van der Waals surface area contributed by atoms with Crippen molar-refractivity contribution in [3.05, 3.63) is 0 Å². The van der Waals surface area contributed by atoms with Crippen molar-refractivity contribution in [2.75, 3.05) is 13.1 Å². The lowest BCUT2D eigenvalue weighted by Gasteiger charge is -2.06. The third-order valence-corrected chi connectivity index (χ3v) is 1.80. The molecule has 0 aromatic carbocycles. The molecule has 0 unspecified atom stereocenters. The van der Waals surface area contributed by atoms with Gasteiger partial charge in [-0.15, -0.1) is 12.4 Å². The molecule has 0 amide bonds. The van der Waals surface area contributed by atoms with Crippen LogP contribution in [0.4, 0.5) is 0 Å². The van der Waals surface area contributed by atoms with E-state index in [0.717, 1.165) is 13.1 Å². The van der Waals surface area contributed by atoms with Crippen LogP contribution in [0.1, 0.15) is 19.3 Å². The molecule has 0 aromatic heterocycles. The van der Waals surface area contributed by atoms with Gasteiger partial charge in [0.25, 0.3) is 0 Å². The minimum Gasteiger partial charge on any atom is -0.226 e. The SMILES string of the molecule is Cl.ClC=[N+]1CCCCC1. The first-order valence-corrected chi connectivity index (χ1v) is 3.55. The van der Waals surface area contributed by atoms with Crippen molar-refractivity contribution in [2.45, 2.75) is 19.3 Å². The summed E-state index contributed by atoms with van der Waals surface area (Å²) in [4.78, 5) is 0. The van der Waals surface area contributed by atoms with E-state index in [2.05, 4.69) is 4.58 Å². The van der Waals surface area contributed by atoms with Gasteiger partial charge in [0.15, 0.2) is 0 Å². The zero-order valence-corrected chi connectivity index (χ0v) is 6.92. The number of rotatable bonds is 0. The normalized spacial score (nSPS) is 18.6. The minimum atomic E-state index is 0. The van der Waals surface area contributed by atoms with E-state index in [9.17, 15) is 0 Å². The average molecular weight is 169 g/mol. The van der Waals surface area contributed by atoms with Crippen LogP contribution in [0.15, 0.2) is 0 Å². The molecule has 0 bridgehead atoms. The summed E-state index contributed by atoms with van der Waals surface area (Å²) in [7, 11) is 0. The Morgan fingerprint density at radius 3 is 2.00 bits per heavy atom. The molecular formula is C6H12Cl2N+. The molecule has 3 heteroatoms. The molecule has 1 saturated heterocycles. The second-order valence-corrected chi connectivity index (χ2v) is 2.39. The van der Waals surface area contributed by atoms with Crippen LogP contribution >= 0.6 is 24.0 Å². The number of halogens is 2. The molecule has 1 aliphatic heterocycles.